The topological polar surface area (TPSA) is 112 Å². The molecule has 10 heteroatoms. The van der Waals surface area contributed by atoms with Crippen molar-refractivity contribution in [2.24, 2.45) is 0 Å². The molecule has 2 heterocycles. The molecule has 2 aromatic rings. The summed E-state index contributed by atoms with van der Waals surface area (Å²) < 4.78 is 21.6. The lowest BCUT2D eigenvalue weighted by molar-refractivity contribution is 0.593. The fraction of sp³-hybridized carbons (Fsp3) is 0.111. The molecule has 19 heavy (non-hydrogen) atoms. The normalized spacial score (nSPS) is 10.5. The number of rotatable bonds is 1. The fourth-order valence-corrected chi connectivity index (χ4v) is 1.70. The first-order valence-electron chi connectivity index (χ1n) is 4.71. The Labute approximate surface area is 119 Å². The van der Waals surface area contributed by atoms with E-state index >= 15 is 0 Å². The summed E-state index contributed by atoms with van der Waals surface area (Å²) in [7, 11) is -3.33. The van der Waals surface area contributed by atoms with E-state index in [2.05, 4.69) is 19.9 Å². The van der Waals surface area contributed by atoms with Gasteiger partial charge in [-0.15, -0.1) is 0 Å². The highest BCUT2D eigenvalue weighted by atomic mass is 35.5. The zero-order valence-electron chi connectivity index (χ0n) is 9.66. The lowest BCUT2D eigenvalue weighted by Gasteiger charge is -1.94. The largest absolute Gasteiger partial charge is 0.368 e. The number of halogens is 2. The molecule has 0 aromatic carbocycles. The third-order valence-electron chi connectivity index (χ3n) is 1.57. The Morgan fingerprint density at radius 2 is 1.58 bits per heavy atom. The number of hydrogen-bond acceptors (Lipinski definition) is 7. The SMILES string of the molecule is CS(=O)(=O)c1nccc(Cl)n1.Nc1nccc(Cl)n1. The van der Waals surface area contributed by atoms with Crippen molar-refractivity contribution in [2.75, 3.05) is 12.0 Å². The van der Waals surface area contributed by atoms with Crippen LogP contribution in [0.25, 0.3) is 0 Å². The third kappa shape index (κ3) is 5.77. The van der Waals surface area contributed by atoms with E-state index in [0.717, 1.165) is 6.26 Å². The molecule has 0 aliphatic carbocycles. The van der Waals surface area contributed by atoms with Gasteiger partial charge in [-0.25, -0.2) is 28.4 Å². The second kappa shape index (κ2) is 6.60. The summed E-state index contributed by atoms with van der Waals surface area (Å²) in [4.78, 5) is 14.3. The lowest BCUT2D eigenvalue weighted by atomic mass is 10.7. The highest BCUT2D eigenvalue weighted by Gasteiger charge is 2.09. The minimum Gasteiger partial charge on any atom is -0.368 e. The quantitative estimate of drug-likeness (QED) is 0.621. The van der Waals surface area contributed by atoms with Crippen LogP contribution in [0.2, 0.25) is 10.3 Å². The number of sulfone groups is 1. The Morgan fingerprint density at radius 3 is 1.89 bits per heavy atom. The molecule has 102 valence electrons. The number of nitrogens with two attached hydrogens (primary N) is 1. The van der Waals surface area contributed by atoms with Gasteiger partial charge in [0.2, 0.25) is 20.9 Å². The van der Waals surface area contributed by atoms with Gasteiger partial charge in [0.1, 0.15) is 10.3 Å². The van der Waals surface area contributed by atoms with E-state index in [-0.39, 0.29) is 16.3 Å². The molecule has 0 unspecified atom stereocenters. The van der Waals surface area contributed by atoms with E-state index in [1.165, 1.54) is 18.5 Å². The van der Waals surface area contributed by atoms with Gasteiger partial charge in [-0.2, -0.15) is 0 Å². The maximum absolute atomic E-state index is 10.8. The van der Waals surface area contributed by atoms with E-state index in [0.29, 0.717) is 5.15 Å². The van der Waals surface area contributed by atoms with Crippen LogP contribution in [-0.2, 0) is 9.84 Å². The standard InChI is InChI=1S/C5H5ClN2O2S.C4H4ClN3/c1-11(9,10)5-7-3-2-4(6)8-5;5-3-1-2-7-4(6)8-3/h2-3H,1H3;1-2H,(H2,6,7,8). The third-order valence-corrected chi connectivity index (χ3v) is 2.85. The van der Waals surface area contributed by atoms with Gasteiger partial charge in [0.25, 0.3) is 0 Å². The summed E-state index contributed by atoms with van der Waals surface area (Å²) in [6, 6.07) is 2.98. The molecule has 0 saturated heterocycles. The van der Waals surface area contributed by atoms with Crippen LogP contribution in [0.15, 0.2) is 29.7 Å². The first-order chi connectivity index (χ1) is 8.79. The maximum Gasteiger partial charge on any atom is 0.248 e. The summed E-state index contributed by atoms with van der Waals surface area (Å²) in [5.41, 5.74) is 5.15. The van der Waals surface area contributed by atoms with Crippen molar-refractivity contribution in [1.82, 2.24) is 19.9 Å². The summed E-state index contributed by atoms with van der Waals surface area (Å²) >= 11 is 10.8. The van der Waals surface area contributed by atoms with Crippen LogP contribution in [0, 0.1) is 0 Å². The Bertz CT molecular complexity index is 648. The Morgan fingerprint density at radius 1 is 1.05 bits per heavy atom. The maximum atomic E-state index is 10.8. The van der Waals surface area contributed by atoms with Gasteiger partial charge in [0.05, 0.1) is 0 Å². The van der Waals surface area contributed by atoms with Gasteiger partial charge in [0.15, 0.2) is 0 Å². The second-order valence-corrected chi connectivity index (χ2v) is 5.86. The molecular weight excluding hydrogens is 313 g/mol. The van der Waals surface area contributed by atoms with Crippen molar-refractivity contribution < 1.29 is 8.42 Å². The van der Waals surface area contributed by atoms with Crippen LogP contribution in [0.5, 0.6) is 0 Å². The highest BCUT2D eigenvalue weighted by molar-refractivity contribution is 7.90. The molecule has 2 aromatic heterocycles. The van der Waals surface area contributed by atoms with E-state index in [1.807, 2.05) is 0 Å². The smallest absolute Gasteiger partial charge is 0.248 e. The molecule has 7 nitrogen and oxygen atoms in total. The van der Waals surface area contributed by atoms with E-state index in [4.69, 9.17) is 28.9 Å². The molecule has 0 atom stereocenters. The van der Waals surface area contributed by atoms with Gasteiger partial charge in [-0.05, 0) is 12.1 Å². The predicted octanol–water partition coefficient (Wildman–Crippen LogP) is 1.25. The predicted molar refractivity (Wildman–Crippen MR) is 71.6 cm³/mol. The number of hydrogen-bond donors (Lipinski definition) is 1. The van der Waals surface area contributed by atoms with Gasteiger partial charge in [0, 0.05) is 18.6 Å². The molecule has 2 rings (SSSR count). The monoisotopic (exact) mass is 321 g/mol. The number of anilines is 1. The fourth-order valence-electron chi connectivity index (χ4n) is 0.849. The van der Waals surface area contributed by atoms with Crippen molar-refractivity contribution in [3.8, 4) is 0 Å². The summed E-state index contributed by atoms with van der Waals surface area (Å²) in [5.74, 6) is 0.206. The van der Waals surface area contributed by atoms with Crippen molar-refractivity contribution >= 4 is 39.0 Å². The summed E-state index contributed by atoms with van der Waals surface area (Å²) in [6.45, 7) is 0. The highest BCUT2D eigenvalue weighted by Crippen LogP contribution is 2.06. The van der Waals surface area contributed by atoms with Crippen molar-refractivity contribution in [3.05, 3.63) is 34.8 Å². The molecule has 0 amide bonds. The van der Waals surface area contributed by atoms with Gasteiger partial charge in [-0.3, -0.25) is 0 Å². The molecule has 0 aliphatic rings. The zero-order chi connectivity index (χ0) is 14.5. The van der Waals surface area contributed by atoms with E-state index in [9.17, 15) is 8.42 Å². The Kier molecular flexibility index (Phi) is 5.40. The second-order valence-electron chi connectivity index (χ2n) is 3.17. The molecule has 0 saturated carbocycles. The number of nitrogens with zero attached hydrogens (tertiary/aromatic N) is 4. The van der Waals surface area contributed by atoms with E-state index in [1.54, 1.807) is 6.07 Å². The zero-order valence-corrected chi connectivity index (χ0v) is 12.0. The van der Waals surface area contributed by atoms with Crippen molar-refractivity contribution in [1.29, 1.82) is 0 Å². The van der Waals surface area contributed by atoms with Crippen LogP contribution >= 0.6 is 23.2 Å². The van der Waals surface area contributed by atoms with Gasteiger partial charge in [-0.1, -0.05) is 23.2 Å². The first kappa shape index (κ1) is 15.5. The lowest BCUT2D eigenvalue weighted by Crippen LogP contribution is -2.02. The molecule has 0 radical (unpaired) electrons. The molecule has 0 bridgehead atoms. The summed E-state index contributed by atoms with van der Waals surface area (Å²) in [6.07, 6.45) is 3.83. The van der Waals surface area contributed by atoms with Crippen molar-refractivity contribution in [2.45, 2.75) is 5.16 Å². The Balaban J connectivity index is 0.000000200. The minimum atomic E-state index is -3.33. The first-order valence-corrected chi connectivity index (χ1v) is 7.36. The van der Waals surface area contributed by atoms with Crippen LogP contribution < -0.4 is 5.73 Å². The van der Waals surface area contributed by atoms with E-state index < -0.39 is 9.84 Å². The molecule has 0 fully saturated rings. The van der Waals surface area contributed by atoms with Crippen LogP contribution in [-0.4, -0.2) is 34.6 Å². The summed E-state index contributed by atoms with van der Waals surface area (Å²) in [5, 5.41) is 0.253. The number of nitrogen functional groups attached to an aromatic ring is 1. The van der Waals surface area contributed by atoms with Gasteiger partial charge < -0.3 is 5.73 Å². The Hall–Kier alpha value is -1.51. The van der Waals surface area contributed by atoms with Crippen molar-refractivity contribution in [3.63, 3.8) is 0 Å². The van der Waals surface area contributed by atoms with Gasteiger partial charge >= 0.3 is 0 Å². The average molecular weight is 322 g/mol. The minimum absolute atomic E-state index is 0.125. The van der Waals surface area contributed by atoms with Crippen LogP contribution in [0.3, 0.4) is 0 Å². The molecule has 0 aliphatic heterocycles. The van der Waals surface area contributed by atoms with Crippen LogP contribution in [0.1, 0.15) is 0 Å². The molecule has 0 spiro atoms. The molecule has 2 N–H and O–H groups in total. The number of aromatic nitrogens is 4. The average Bonchev–Trinajstić information content (AvgIpc) is 2.28. The van der Waals surface area contributed by atoms with Crippen LogP contribution in [0.4, 0.5) is 5.95 Å². The molecular formula is C9H9Cl2N5O2S.